The van der Waals surface area contributed by atoms with Crippen LogP contribution in [-0.4, -0.2) is 15.9 Å². The van der Waals surface area contributed by atoms with Gasteiger partial charge in [-0.15, -0.1) is 0 Å². The Kier molecular flexibility index (Phi) is 3.32. The summed E-state index contributed by atoms with van der Waals surface area (Å²) in [6, 6.07) is 4.94. The molecule has 2 rings (SSSR count). The summed E-state index contributed by atoms with van der Waals surface area (Å²) in [5, 5.41) is 2.56. The van der Waals surface area contributed by atoms with E-state index in [2.05, 4.69) is 15.3 Å². The summed E-state index contributed by atoms with van der Waals surface area (Å²) in [5.74, 6) is -0.777. The van der Waals surface area contributed by atoms with E-state index in [1.54, 1.807) is 6.07 Å². The van der Waals surface area contributed by atoms with Crippen LogP contribution in [0.3, 0.4) is 0 Å². The van der Waals surface area contributed by atoms with Crippen LogP contribution in [0.2, 0.25) is 0 Å². The molecule has 0 unspecified atom stereocenters. The van der Waals surface area contributed by atoms with Gasteiger partial charge in [-0.2, -0.15) is 0 Å². The van der Waals surface area contributed by atoms with Gasteiger partial charge in [-0.05, 0) is 37.6 Å². The van der Waals surface area contributed by atoms with Crippen LogP contribution in [0.5, 0.6) is 0 Å². The molecule has 5 heteroatoms. The molecule has 0 atom stereocenters. The number of hydrogen-bond donors (Lipinski definition) is 1. The van der Waals surface area contributed by atoms with Crippen LogP contribution in [0.1, 0.15) is 21.6 Å². The normalized spacial score (nSPS) is 10.2. The number of nitrogens with zero attached hydrogens (tertiary/aromatic N) is 2. The second-order valence-electron chi connectivity index (χ2n) is 3.98. The minimum Gasteiger partial charge on any atom is -0.306 e. The van der Waals surface area contributed by atoms with Crippen LogP contribution in [0.4, 0.5) is 10.2 Å². The van der Waals surface area contributed by atoms with Crippen molar-refractivity contribution in [3.8, 4) is 0 Å². The van der Waals surface area contributed by atoms with Crippen molar-refractivity contribution in [3.05, 3.63) is 53.2 Å². The van der Waals surface area contributed by atoms with Crippen LogP contribution in [-0.2, 0) is 0 Å². The first-order valence-corrected chi connectivity index (χ1v) is 5.42. The van der Waals surface area contributed by atoms with Crippen LogP contribution >= 0.6 is 0 Å². The average Bonchev–Trinajstić information content (AvgIpc) is 2.27. The van der Waals surface area contributed by atoms with Gasteiger partial charge in [0.05, 0.1) is 11.8 Å². The fourth-order valence-electron chi connectivity index (χ4n) is 1.65. The molecule has 4 nitrogen and oxygen atoms in total. The van der Waals surface area contributed by atoms with Gasteiger partial charge < -0.3 is 5.32 Å². The fraction of sp³-hybridized carbons (Fsp3) is 0.154. The summed E-state index contributed by atoms with van der Waals surface area (Å²) in [4.78, 5) is 19.6. The van der Waals surface area contributed by atoms with Gasteiger partial charge in [-0.3, -0.25) is 9.78 Å². The molecule has 92 valence electrons. The van der Waals surface area contributed by atoms with Crippen molar-refractivity contribution in [1.82, 2.24) is 9.97 Å². The minimum atomic E-state index is -0.653. The minimum absolute atomic E-state index is 0.0500. The molecule has 0 aliphatic carbocycles. The van der Waals surface area contributed by atoms with Crippen molar-refractivity contribution in [2.45, 2.75) is 13.8 Å². The van der Waals surface area contributed by atoms with E-state index in [0.29, 0.717) is 5.82 Å². The van der Waals surface area contributed by atoms with Crippen LogP contribution in [0.25, 0.3) is 0 Å². The Morgan fingerprint density at radius 2 is 2.11 bits per heavy atom. The van der Waals surface area contributed by atoms with Gasteiger partial charge in [0.2, 0.25) is 0 Å². The number of aromatic nitrogens is 2. The molecule has 18 heavy (non-hydrogen) atoms. The number of carbonyl (C=O) groups is 1. The Balaban J connectivity index is 2.24. The smallest absolute Gasteiger partial charge is 0.259 e. The molecule has 2 heterocycles. The number of nitrogens with one attached hydrogen (secondary N) is 1. The van der Waals surface area contributed by atoms with E-state index in [4.69, 9.17) is 0 Å². The molecule has 0 aliphatic rings. The molecule has 2 aromatic rings. The number of aryl methyl sites for hydroxylation is 2. The molecule has 0 aromatic carbocycles. The number of anilines is 1. The molecular formula is C13H12FN3O. The summed E-state index contributed by atoms with van der Waals surface area (Å²) < 4.78 is 13.4. The van der Waals surface area contributed by atoms with Gasteiger partial charge in [-0.25, -0.2) is 9.37 Å². The largest absolute Gasteiger partial charge is 0.306 e. The Morgan fingerprint density at radius 1 is 1.33 bits per heavy atom. The third kappa shape index (κ3) is 2.68. The van der Waals surface area contributed by atoms with E-state index in [1.165, 1.54) is 12.3 Å². The average molecular weight is 245 g/mol. The number of pyridine rings is 2. The standard InChI is InChI=1S/C13H12FN3O/c1-8-5-9(2)16-12(6-8)17-13(18)10-3-4-15-7-11(10)14/h3-7H,1-2H3,(H,16,17,18). The van der Waals surface area contributed by atoms with Crippen molar-refractivity contribution in [2.75, 3.05) is 5.32 Å². The number of halogens is 1. The first-order chi connectivity index (χ1) is 8.56. The topological polar surface area (TPSA) is 54.9 Å². The molecule has 1 N–H and O–H groups in total. The Bertz CT molecular complexity index is 578. The van der Waals surface area contributed by atoms with Crippen LogP contribution < -0.4 is 5.32 Å². The van der Waals surface area contributed by atoms with E-state index in [9.17, 15) is 9.18 Å². The second kappa shape index (κ2) is 4.91. The number of rotatable bonds is 2. The first kappa shape index (κ1) is 12.2. The van der Waals surface area contributed by atoms with Crippen molar-refractivity contribution < 1.29 is 9.18 Å². The van der Waals surface area contributed by atoms with E-state index < -0.39 is 11.7 Å². The molecule has 0 bridgehead atoms. The van der Waals surface area contributed by atoms with Gasteiger partial charge in [0.15, 0.2) is 5.82 Å². The highest BCUT2D eigenvalue weighted by atomic mass is 19.1. The van der Waals surface area contributed by atoms with Crippen LogP contribution in [0, 0.1) is 19.7 Å². The third-order valence-electron chi connectivity index (χ3n) is 2.36. The maximum absolute atomic E-state index is 13.4. The van der Waals surface area contributed by atoms with Gasteiger partial charge in [0.1, 0.15) is 5.82 Å². The highest BCUT2D eigenvalue weighted by Crippen LogP contribution is 2.12. The van der Waals surface area contributed by atoms with Crippen LogP contribution in [0.15, 0.2) is 30.6 Å². The monoisotopic (exact) mass is 245 g/mol. The quantitative estimate of drug-likeness (QED) is 0.884. The Hall–Kier alpha value is -2.30. The Labute approximate surface area is 104 Å². The summed E-state index contributed by atoms with van der Waals surface area (Å²) in [6.45, 7) is 3.73. The fourth-order valence-corrected chi connectivity index (χ4v) is 1.65. The molecular weight excluding hydrogens is 233 g/mol. The Morgan fingerprint density at radius 3 is 2.78 bits per heavy atom. The SMILES string of the molecule is Cc1cc(C)nc(NC(=O)c2ccncc2F)c1. The van der Waals surface area contributed by atoms with Crippen molar-refractivity contribution in [3.63, 3.8) is 0 Å². The molecule has 0 saturated carbocycles. The van der Waals surface area contributed by atoms with Gasteiger partial charge in [-0.1, -0.05) is 0 Å². The zero-order valence-electron chi connectivity index (χ0n) is 10.1. The van der Waals surface area contributed by atoms with E-state index in [-0.39, 0.29) is 5.56 Å². The molecule has 1 amide bonds. The zero-order valence-corrected chi connectivity index (χ0v) is 10.1. The molecule has 0 fully saturated rings. The lowest BCUT2D eigenvalue weighted by Gasteiger charge is -2.06. The van der Waals surface area contributed by atoms with E-state index >= 15 is 0 Å². The van der Waals surface area contributed by atoms with E-state index in [0.717, 1.165) is 17.5 Å². The summed E-state index contributed by atoms with van der Waals surface area (Å²) >= 11 is 0. The lowest BCUT2D eigenvalue weighted by atomic mass is 10.2. The predicted octanol–water partition coefficient (Wildman–Crippen LogP) is 2.48. The predicted molar refractivity (Wildman–Crippen MR) is 65.9 cm³/mol. The first-order valence-electron chi connectivity index (χ1n) is 5.42. The summed E-state index contributed by atoms with van der Waals surface area (Å²) in [7, 11) is 0. The molecule has 0 saturated heterocycles. The maximum Gasteiger partial charge on any atom is 0.259 e. The molecule has 2 aromatic heterocycles. The molecule has 0 radical (unpaired) electrons. The van der Waals surface area contributed by atoms with Gasteiger partial charge >= 0.3 is 0 Å². The van der Waals surface area contributed by atoms with Gasteiger partial charge in [0.25, 0.3) is 5.91 Å². The third-order valence-corrected chi connectivity index (χ3v) is 2.36. The number of amides is 1. The van der Waals surface area contributed by atoms with Gasteiger partial charge in [0, 0.05) is 11.9 Å². The summed E-state index contributed by atoms with van der Waals surface area (Å²) in [6.07, 6.45) is 2.37. The summed E-state index contributed by atoms with van der Waals surface area (Å²) in [5.41, 5.74) is 1.72. The van der Waals surface area contributed by atoms with Crippen molar-refractivity contribution in [1.29, 1.82) is 0 Å². The van der Waals surface area contributed by atoms with Crippen molar-refractivity contribution >= 4 is 11.7 Å². The van der Waals surface area contributed by atoms with E-state index in [1.807, 2.05) is 19.9 Å². The second-order valence-corrected chi connectivity index (χ2v) is 3.98. The highest BCUT2D eigenvalue weighted by Gasteiger charge is 2.12. The number of hydrogen-bond acceptors (Lipinski definition) is 3. The maximum atomic E-state index is 13.4. The molecule has 0 spiro atoms. The number of carbonyl (C=O) groups excluding carboxylic acids is 1. The lowest BCUT2D eigenvalue weighted by molar-refractivity contribution is 0.102. The van der Waals surface area contributed by atoms with Crippen molar-refractivity contribution in [2.24, 2.45) is 0 Å². The lowest BCUT2D eigenvalue weighted by Crippen LogP contribution is -2.15. The zero-order chi connectivity index (χ0) is 13.1. The highest BCUT2D eigenvalue weighted by molar-refractivity contribution is 6.03. The molecule has 0 aliphatic heterocycles.